The van der Waals surface area contributed by atoms with E-state index in [0.717, 1.165) is 18.8 Å². The third kappa shape index (κ3) is 3.72. The number of likely N-dealkylation sites (tertiary alicyclic amines) is 1. The molecule has 1 fully saturated rings. The van der Waals surface area contributed by atoms with Crippen molar-refractivity contribution >= 4 is 5.91 Å². The standard InChI is InChI=1S/C13H25NO.C2H6/c1-7-11-8-12(3,4)14(10(2)15)13(5,6)9-11;1-2/h11H,7-9H2,1-6H3;1-2H3. The van der Waals surface area contributed by atoms with Crippen molar-refractivity contribution in [2.24, 2.45) is 5.92 Å². The number of nitrogens with zero attached hydrogens (tertiary/aromatic N) is 1. The Morgan fingerprint density at radius 2 is 1.47 bits per heavy atom. The quantitative estimate of drug-likeness (QED) is 0.672. The zero-order valence-corrected chi connectivity index (χ0v) is 13.1. The van der Waals surface area contributed by atoms with Gasteiger partial charge in [-0.1, -0.05) is 27.2 Å². The average Bonchev–Trinajstić information content (AvgIpc) is 2.15. The summed E-state index contributed by atoms with van der Waals surface area (Å²) in [5.41, 5.74) is 0.0164. The van der Waals surface area contributed by atoms with Crippen molar-refractivity contribution in [3.05, 3.63) is 0 Å². The van der Waals surface area contributed by atoms with Gasteiger partial charge in [0.15, 0.2) is 0 Å². The van der Waals surface area contributed by atoms with Crippen LogP contribution in [-0.4, -0.2) is 21.9 Å². The molecule has 0 saturated carbocycles. The monoisotopic (exact) mass is 241 g/mol. The minimum Gasteiger partial charge on any atom is -0.333 e. The first-order chi connectivity index (χ1) is 7.70. The number of carbonyl (C=O) groups is 1. The second kappa shape index (κ2) is 5.88. The van der Waals surface area contributed by atoms with E-state index >= 15 is 0 Å². The van der Waals surface area contributed by atoms with Crippen LogP contribution in [0.2, 0.25) is 0 Å². The molecular weight excluding hydrogens is 210 g/mol. The summed E-state index contributed by atoms with van der Waals surface area (Å²) in [4.78, 5) is 13.8. The lowest BCUT2D eigenvalue weighted by Gasteiger charge is -2.55. The Morgan fingerprint density at radius 3 is 1.71 bits per heavy atom. The topological polar surface area (TPSA) is 20.3 Å². The van der Waals surface area contributed by atoms with Gasteiger partial charge in [0.25, 0.3) is 0 Å². The highest BCUT2D eigenvalue weighted by atomic mass is 16.2. The molecule has 17 heavy (non-hydrogen) atoms. The molecule has 1 amide bonds. The van der Waals surface area contributed by atoms with Crippen LogP contribution in [0.3, 0.4) is 0 Å². The maximum atomic E-state index is 11.8. The molecule has 0 aromatic rings. The number of hydrogen-bond acceptors (Lipinski definition) is 1. The van der Waals surface area contributed by atoms with Gasteiger partial charge >= 0.3 is 0 Å². The minimum atomic E-state index is 0.00819. The van der Waals surface area contributed by atoms with E-state index in [4.69, 9.17) is 0 Å². The molecule has 1 aliphatic rings. The molecule has 0 aliphatic carbocycles. The molecule has 1 saturated heterocycles. The first-order valence-corrected chi connectivity index (χ1v) is 7.01. The minimum absolute atomic E-state index is 0.00819. The van der Waals surface area contributed by atoms with E-state index in [1.807, 2.05) is 13.8 Å². The van der Waals surface area contributed by atoms with Gasteiger partial charge < -0.3 is 4.90 Å². The van der Waals surface area contributed by atoms with E-state index in [1.54, 1.807) is 6.92 Å². The predicted octanol–water partition coefficient (Wildman–Crippen LogP) is 4.24. The summed E-state index contributed by atoms with van der Waals surface area (Å²) in [7, 11) is 0. The Balaban J connectivity index is 0.00000121. The summed E-state index contributed by atoms with van der Waals surface area (Å²) in [6.07, 6.45) is 3.48. The molecule has 0 unspecified atom stereocenters. The van der Waals surface area contributed by atoms with E-state index in [1.165, 1.54) is 6.42 Å². The molecule has 2 heteroatoms. The highest BCUT2D eigenvalue weighted by molar-refractivity contribution is 5.75. The molecule has 0 spiro atoms. The lowest BCUT2D eigenvalue weighted by molar-refractivity contribution is -0.149. The maximum Gasteiger partial charge on any atom is 0.220 e. The lowest BCUT2D eigenvalue weighted by Crippen LogP contribution is -2.62. The summed E-state index contributed by atoms with van der Waals surface area (Å²) in [5, 5.41) is 0. The highest BCUT2D eigenvalue weighted by Crippen LogP contribution is 2.42. The van der Waals surface area contributed by atoms with E-state index in [2.05, 4.69) is 39.5 Å². The van der Waals surface area contributed by atoms with Crippen LogP contribution in [0, 0.1) is 5.92 Å². The van der Waals surface area contributed by atoms with Crippen molar-refractivity contribution in [3.8, 4) is 0 Å². The molecule has 1 rings (SSSR count). The van der Waals surface area contributed by atoms with Gasteiger partial charge in [-0.2, -0.15) is 0 Å². The van der Waals surface area contributed by atoms with E-state index in [-0.39, 0.29) is 17.0 Å². The van der Waals surface area contributed by atoms with Gasteiger partial charge in [-0.15, -0.1) is 0 Å². The predicted molar refractivity (Wildman–Crippen MR) is 75.0 cm³/mol. The van der Waals surface area contributed by atoms with Crippen LogP contribution in [0.15, 0.2) is 0 Å². The molecule has 2 nitrogen and oxygen atoms in total. The smallest absolute Gasteiger partial charge is 0.220 e. The number of rotatable bonds is 1. The lowest BCUT2D eigenvalue weighted by atomic mass is 9.73. The number of hydrogen-bond donors (Lipinski definition) is 0. The van der Waals surface area contributed by atoms with Crippen molar-refractivity contribution in [1.29, 1.82) is 0 Å². The van der Waals surface area contributed by atoms with E-state index < -0.39 is 0 Å². The fourth-order valence-electron chi connectivity index (χ4n) is 3.63. The molecular formula is C15H31NO. The maximum absolute atomic E-state index is 11.8. The summed E-state index contributed by atoms with van der Waals surface area (Å²) >= 11 is 0. The van der Waals surface area contributed by atoms with Crippen molar-refractivity contribution in [2.45, 2.75) is 85.7 Å². The van der Waals surface area contributed by atoms with Crippen LogP contribution in [0.1, 0.15) is 74.7 Å². The van der Waals surface area contributed by atoms with Crippen molar-refractivity contribution in [2.75, 3.05) is 0 Å². The van der Waals surface area contributed by atoms with Crippen LogP contribution < -0.4 is 0 Å². The third-order valence-corrected chi connectivity index (χ3v) is 3.68. The Morgan fingerprint density at radius 1 is 1.12 bits per heavy atom. The Labute approximate surface area is 108 Å². The molecule has 0 aromatic heterocycles. The summed E-state index contributed by atoms with van der Waals surface area (Å²) < 4.78 is 0. The Kier molecular flexibility index (Phi) is 5.70. The van der Waals surface area contributed by atoms with Gasteiger partial charge in [-0.25, -0.2) is 0 Å². The van der Waals surface area contributed by atoms with E-state index in [0.29, 0.717) is 0 Å². The van der Waals surface area contributed by atoms with Gasteiger partial charge in [-0.05, 0) is 46.5 Å². The fourth-order valence-corrected chi connectivity index (χ4v) is 3.63. The third-order valence-electron chi connectivity index (χ3n) is 3.68. The number of amides is 1. The molecule has 0 bridgehead atoms. The van der Waals surface area contributed by atoms with Crippen LogP contribution in [0.5, 0.6) is 0 Å². The molecule has 102 valence electrons. The summed E-state index contributed by atoms with van der Waals surface area (Å²) in [6, 6.07) is 0. The SMILES string of the molecule is CC.CCC1CC(C)(C)N(C(C)=O)C(C)(C)C1. The summed E-state index contributed by atoms with van der Waals surface area (Å²) in [6.45, 7) is 16.7. The average molecular weight is 241 g/mol. The number of piperidine rings is 1. The second-order valence-corrected chi connectivity index (χ2v) is 6.16. The van der Waals surface area contributed by atoms with Crippen LogP contribution in [-0.2, 0) is 4.79 Å². The molecule has 0 aromatic carbocycles. The first kappa shape index (κ1) is 16.5. The van der Waals surface area contributed by atoms with Gasteiger partial charge in [0, 0.05) is 18.0 Å². The zero-order chi connectivity index (χ0) is 13.9. The van der Waals surface area contributed by atoms with Gasteiger partial charge in [0.05, 0.1) is 0 Å². The second-order valence-electron chi connectivity index (χ2n) is 6.16. The molecule has 1 heterocycles. The Bertz CT molecular complexity index is 238. The first-order valence-electron chi connectivity index (χ1n) is 7.01. The molecule has 0 atom stereocenters. The van der Waals surface area contributed by atoms with Gasteiger partial charge in [0.1, 0.15) is 0 Å². The normalized spacial score (nSPS) is 22.7. The van der Waals surface area contributed by atoms with Crippen molar-refractivity contribution in [1.82, 2.24) is 4.90 Å². The van der Waals surface area contributed by atoms with Crippen LogP contribution in [0.4, 0.5) is 0 Å². The van der Waals surface area contributed by atoms with Gasteiger partial charge in [0.2, 0.25) is 5.91 Å². The Hall–Kier alpha value is -0.530. The molecule has 0 radical (unpaired) electrons. The largest absolute Gasteiger partial charge is 0.333 e. The highest BCUT2D eigenvalue weighted by Gasteiger charge is 2.45. The van der Waals surface area contributed by atoms with Crippen molar-refractivity contribution in [3.63, 3.8) is 0 Å². The number of carbonyl (C=O) groups excluding carboxylic acids is 1. The molecule has 0 N–H and O–H groups in total. The summed E-state index contributed by atoms with van der Waals surface area (Å²) in [5.74, 6) is 0.963. The zero-order valence-electron chi connectivity index (χ0n) is 13.1. The molecule has 1 aliphatic heterocycles. The van der Waals surface area contributed by atoms with Crippen LogP contribution >= 0.6 is 0 Å². The fraction of sp³-hybridized carbons (Fsp3) is 0.933. The van der Waals surface area contributed by atoms with Crippen LogP contribution in [0.25, 0.3) is 0 Å². The van der Waals surface area contributed by atoms with Gasteiger partial charge in [-0.3, -0.25) is 4.79 Å². The van der Waals surface area contributed by atoms with E-state index in [9.17, 15) is 4.79 Å². The van der Waals surface area contributed by atoms with Crippen molar-refractivity contribution < 1.29 is 4.79 Å².